The van der Waals surface area contributed by atoms with Crippen molar-refractivity contribution in [1.29, 1.82) is 0 Å². The summed E-state index contributed by atoms with van der Waals surface area (Å²) in [6.07, 6.45) is 2.50. The summed E-state index contributed by atoms with van der Waals surface area (Å²) >= 11 is 0. The summed E-state index contributed by atoms with van der Waals surface area (Å²) in [5.41, 5.74) is 7.93. The van der Waals surface area contributed by atoms with E-state index < -0.39 is 0 Å². The second-order valence-electron chi connectivity index (χ2n) is 7.08. The Labute approximate surface area is 129 Å². The molecular weight excluding hydrogens is 258 g/mol. The maximum absolute atomic E-state index is 6.23. The van der Waals surface area contributed by atoms with Gasteiger partial charge in [0.15, 0.2) is 0 Å². The number of hydrogen-bond donors (Lipinski definition) is 1. The number of hydrogen-bond acceptors (Lipinski definition) is 3. The van der Waals surface area contributed by atoms with Gasteiger partial charge in [-0.05, 0) is 44.7 Å². The molecule has 116 valence electrons. The highest BCUT2D eigenvalue weighted by Crippen LogP contribution is 2.36. The molecule has 3 heteroatoms. The molecule has 0 saturated carbocycles. The third-order valence-electron chi connectivity index (χ3n) is 5.60. The number of nitrogens with two attached hydrogens (primary N) is 1. The Balaban J connectivity index is 1.70. The lowest BCUT2D eigenvalue weighted by Crippen LogP contribution is -2.55. The van der Waals surface area contributed by atoms with E-state index in [2.05, 4.69) is 54.0 Å². The second-order valence-corrected chi connectivity index (χ2v) is 7.08. The van der Waals surface area contributed by atoms with Gasteiger partial charge in [-0.15, -0.1) is 0 Å². The van der Waals surface area contributed by atoms with Gasteiger partial charge in [0.25, 0.3) is 0 Å². The molecular formula is C18H29N3. The maximum Gasteiger partial charge on any atom is 0.0470 e. The number of nitrogens with zero attached hydrogens (tertiary/aromatic N) is 2. The molecule has 3 rings (SSSR count). The highest BCUT2D eigenvalue weighted by atomic mass is 15.3. The SMILES string of the molecule is CC(C)N1CCC(CN)(N2CCC(c3ccccc3)C2)C1. The minimum atomic E-state index is 0.216. The van der Waals surface area contributed by atoms with Crippen LogP contribution in [0.1, 0.15) is 38.2 Å². The third kappa shape index (κ3) is 2.87. The lowest BCUT2D eigenvalue weighted by Gasteiger charge is -2.38. The summed E-state index contributed by atoms with van der Waals surface area (Å²) in [4.78, 5) is 5.27. The first-order chi connectivity index (χ1) is 10.1. The van der Waals surface area contributed by atoms with E-state index in [-0.39, 0.29) is 5.54 Å². The normalized spacial score (nSPS) is 31.3. The second kappa shape index (κ2) is 6.07. The van der Waals surface area contributed by atoms with Gasteiger partial charge in [-0.3, -0.25) is 9.80 Å². The van der Waals surface area contributed by atoms with E-state index in [9.17, 15) is 0 Å². The van der Waals surface area contributed by atoms with Crippen LogP contribution >= 0.6 is 0 Å². The summed E-state index contributed by atoms with van der Waals surface area (Å²) in [6.45, 7) is 10.1. The molecule has 0 amide bonds. The minimum absolute atomic E-state index is 0.216. The van der Waals surface area contributed by atoms with Crippen LogP contribution in [-0.4, -0.2) is 54.1 Å². The van der Waals surface area contributed by atoms with Gasteiger partial charge in [-0.25, -0.2) is 0 Å². The predicted molar refractivity (Wildman–Crippen MR) is 88.5 cm³/mol. The van der Waals surface area contributed by atoms with E-state index in [4.69, 9.17) is 5.73 Å². The Bertz CT molecular complexity index is 459. The van der Waals surface area contributed by atoms with Crippen LogP contribution in [0.4, 0.5) is 0 Å². The molecule has 0 spiro atoms. The maximum atomic E-state index is 6.23. The molecule has 1 aromatic rings. The molecule has 2 heterocycles. The van der Waals surface area contributed by atoms with Gasteiger partial charge in [0.1, 0.15) is 0 Å². The molecule has 0 aromatic heterocycles. The molecule has 2 unspecified atom stereocenters. The van der Waals surface area contributed by atoms with Crippen LogP contribution in [0, 0.1) is 0 Å². The van der Waals surface area contributed by atoms with E-state index in [1.165, 1.54) is 38.0 Å². The van der Waals surface area contributed by atoms with Gasteiger partial charge in [0.2, 0.25) is 0 Å². The van der Waals surface area contributed by atoms with Gasteiger partial charge in [-0.2, -0.15) is 0 Å². The molecule has 0 radical (unpaired) electrons. The van der Waals surface area contributed by atoms with Crippen molar-refractivity contribution in [2.75, 3.05) is 32.7 Å². The fourth-order valence-corrected chi connectivity index (χ4v) is 4.07. The van der Waals surface area contributed by atoms with Gasteiger partial charge >= 0.3 is 0 Å². The Morgan fingerprint density at radius 3 is 2.62 bits per heavy atom. The lowest BCUT2D eigenvalue weighted by atomic mass is 9.95. The van der Waals surface area contributed by atoms with Crippen molar-refractivity contribution in [3.63, 3.8) is 0 Å². The van der Waals surface area contributed by atoms with Gasteiger partial charge < -0.3 is 5.73 Å². The van der Waals surface area contributed by atoms with E-state index in [0.717, 1.165) is 13.1 Å². The van der Waals surface area contributed by atoms with Crippen molar-refractivity contribution in [1.82, 2.24) is 9.80 Å². The highest BCUT2D eigenvalue weighted by Gasteiger charge is 2.45. The first-order valence-corrected chi connectivity index (χ1v) is 8.39. The largest absolute Gasteiger partial charge is 0.329 e. The number of rotatable bonds is 4. The Kier molecular flexibility index (Phi) is 4.34. The predicted octanol–water partition coefficient (Wildman–Crippen LogP) is 2.29. The summed E-state index contributed by atoms with van der Waals surface area (Å²) in [5, 5.41) is 0. The van der Waals surface area contributed by atoms with Gasteiger partial charge in [0.05, 0.1) is 0 Å². The zero-order valence-corrected chi connectivity index (χ0v) is 13.5. The molecule has 0 bridgehead atoms. The van der Waals surface area contributed by atoms with Gasteiger partial charge in [0, 0.05) is 37.8 Å². The summed E-state index contributed by atoms with van der Waals surface area (Å²) in [5.74, 6) is 0.683. The number of likely N-dealkylation sites (tertiary alicyclic amines) is 2. The van der Waals surface area contributed by atoms with E-state index in [0.29, 0.717) is 12.0 Å². The van der Waals surface area contributed by atoms with Crippen molar-refractivity contribution in [3.05, 3.63) is 35.9 Å². The van der Waals surface area contributed by atoms with Gasteiger partial charge in [-0.1, -0.05) is 30.3 Å². The Hall–Kier alpha value is -0.900. The molecule has 2 atom stereocenters. The first-order valence-electron chi connectivity index (χ1n) is 8.39. The fraction of sp³-hybridized carbons (Fsp3) is 0.667. The highest BCUT2D eigenvalue weighted by molar-refractivity contribution is 5.22. The standard InChI is InChI=1S/C18H29N3/c1-15(2)20-11-9-18(13-19,14-20)21-10-8-17(12-21)16-6-4-3-5-7-16/h3-7,15,17H,8-14,19H2,1-2H3. The molecule has 21 heavy (non-hydrogen) atoms. The summed E-state index contributed by atoms with van der Waals surface area (Å²) < 4.78 is 0. The Morgan fingerprint density at radius 1 is 1.24 bits per heavy atom. The van der Waals surface area contributed by atoms with Crippen molar-refractivity contribution < 1.29 is 0 Å². The quantitative estimate of drug-likeness (QED) is 0.922. The van der Waals surface area contributed by atoms with Crippen molar-refractivity contribution in [3.8, 4) is 0 Å². The molecule has 3 nitrogen and oxygen atoms in total. The third-order valence-corrected chi connectivity index (χ3v) is 5.60. The fourth-order valence-electron chi connectivity index (χ4n) is 4.07. The first kappa shape index (κ1) is 15.0. The summed E-state index contributed by atoms with van der Waals surface area (Å²) in [6, 6.07) is 11.6. The molecule has 1 aromatic carbocycles. The average molecular weight is 287 g/mol. The van der Waals surface area contributed by atoms with Crippen LogP contribution in [0.15, 0.2) is 30.3 Å². The van der Waals surface area contributed by atoms with Crippen molar-refractivity contribution >= 4 is 0 Å². The lowest BCUT2D eigenvalue weighted by molar-refractivity contribution is 0.120. The molecule has 2 N–H and O–H groups in total. The van der Waals surface area contributed by atoms with E-state index in [1.54, 1.807) is 0 Å². The van der Waals surface area contributed by atoms with Crippen LogP contribution in [0.3, 0.4) is 0 Å². The van der Waals surface area contributed by atoms with Crippen molar-refractivity contribution in [2.45, 2.75) is 44.2 Å². The summed E-state index contributed by atoms with van der Waals surface area (Å²) in [7, 11) is 0. The van der Waals surface area contributed by atoms with Crippen LogP contribution in [-0.2, 0) is 0 Å². The van der Waals surface area contributed by atoms with E-state index >= 15 is 0 Å². The topological polar surface area (TPSA) is 32.5 Å². The van der Waals surface area contributed by atoms with Crippen molar-refractivity contribution in [2.24, 2.45) is 5.73 Å². The van der Waals surface area contributed by atoms with E-state index in [1.807, 2.05) is 0 Å². The molecule has 0 aliphatic carbocycles. The average Bonchev–Trinajstić information content (AvgIpc) is 3.16. The molecule has 2 aliphatic rings. The van der Waals surface area contributed by atoms with Crippen LogP contribution in [0.5, 0.6) is 0 Å². The molecule has 2 fully saturated rings. The zero-order valence-electron chi connectivity index (χ0n) is 13.5. The van der Waals surface area contributed by atoms with Crippen LogP contribution < -0.4 is 5.73 Å². The number of benzene rings is 1. The van der Waals surface area contributed by atoms with Crippen LogP contribution in [0.25, 0.3) is 0 Å². The minimum Gasteiger partial charge on any atom is -0.329 e. The smallest absolute Gasteiger partial charge is 0.0470 e. The Morgan fingerprint density at radius 2 is 2.00 bits per heavy atom. The zero-order chi connectivity index (χ0) is 14.9. The van der Waals surface area contributed by atoms with Crippen LogP contribution in [0.2, 0.25) is 0 Å². The monoisotopic (exact) mass is 287 g/mol. The molecule has 2 saturated heterocycles. The molecule has 2 aliphatic heterocycles.